The van der Waals surface area contributed by atoms with Crippen LogP contribution in [0.3, 0.4) is 0 Å². The highest BCUT2D eigenvalue weighted by Crippen LogP contribution is 2.41. The number of benzene rings is 2. The molecule has 1 unspecified atom stereocenters. The van der Waals surface area contributed by atoms with E-state index in [2.05, 4.69) is 29.2 Å². The summed E-state index contributed by atoms with van der Waals surface area (Å²) in [6.07, 6.45) is 4.39. The van der Waals surface area contributed by atoms with E-state index < -0.39 is 10.0 Å². The first-order chi connectivity index (χ1) is 16.9. The van der Waals surface area contributed by atoms with Crippen LogP contribution >= 0.6 is 0 Å². The lowest BCUT2D eigenvalue weighted by Crippen LogP contribution is -2.53. The Labute approximate surface area is 207 Å². The van der Waals surface area contributed by atoms with Gasteiger partial charge in [0.2, 0.25) is 15.9 Å². The molecule has 2 aliphatic carbocycles. The van der Waals surface area contributed by atoms with Crippen molar-refractivity contribution in [1.29, 1.82) is 0 Å². The zero-order valence-corrected chi connectivity index (χ0v) is 21.2. The SMILES string of the molecule is COc1ccc(OC)c(S(=O)(=O)N2CCN(C(=O)CN(C3CC3)C3CCc4ccccc43)CC2)c1. The van der Waals surface area contributed by atoms with Gasteiger partial charge >= 0.3 is 0 Å². The van der Waals surface area contributed by atoms with Crippen LogP contribution in [0.2, 0.25) is 0 Å². The van der Waals surface area contributed by atoms with Gasteiger partial charge in [0.15, 0.2) is 0 Å². The van der Waals surface area contributed by atoms with Gasteiger partial charge in [-0.15, -0.1) is 0 Å². The molecule has 0 spiro atoms. The molecular formula is C26H33N3O5S. The maximum absolute atomic E-state index is 13.4. The molecular weight excluding hydrogens is 466 g/mol. The Morgan fingerprint density at radius 3 is 2.43 bits per heavy atom. The van der Waals surface area contributed by atoms with Gasteiger partial charge in [-0.2, -0.15) is 4.31 Å². The van der Waals surface area contributed by atoms with Crippen molar-refractivity contribution in [3.63, 3.8) is 0 Å². The average molecular weight is 500 g/mol. The minimum absolute atomic E-state index is 0.0808. The van der Waals surface area contributed by atoms with Gasteiger partial charge in [-0.25, -0.2) is 8.42 Å². The smallest absolute Gasteiger partial charge is 0.247 e. The number of sulfonamides is 1. The molecule has 1 heterocycles. The number of ether oxygens (including phenoxy) is 2. The van der Waals surface area contributed by atoms with Crippen molar-refractivity contribution >= 4 is 15.9 Å². The number of aryl methyl sites for hydroxylation is 1. The molecule has 188 valence electrons. The molecule has 0 bridgehead atoms. The van der Waals surface area contributed by atoms with Crippen molar-refractivity contribution in [2.24, 2.45) is 0 Å². The Hall–Kier alpha value is -2.62. The first-order valence-electron chi connectivity index (χ1n) is 12.3. The van der Waals surface area contributed by atoms with E-state index in [9.17, 15) is 13.2 Å². The summed E-state index contributed by atoms with van der Waals surface area (Å²) in [5.41, 5.74) is 2.75. The van der Waals surface area contributed by atoms with Crippen LogP contribution in [0.5, 0.6) is 11.5 Å². The van der Waals surface area contributed by atoms with Gasteiger partial charge in [-0.3, -0.25) is 9.69 Å². The van der Waals surface area contributed by atoms with Gasteiger partial charge in [0.25, 0.3) is 0 Å². The summed E-state index contributed by atoms with van der Waals surface area (Å²) in [6, 6.07) is 14.1. The van der Waals surface area contributed by atoms with E-state index >= 15 is 0 Å². The van der Waals surface area contributed by atoms with Gasteiger partial charge in [0.1, 0.15) is 16.4 Å². The van der Waals surface area contributed by atoms with Crippen LogP contribution < -0.4 is 9.47 Å². The van der Waals surface area contributed by atoms with Gasteiger partial charge in [-0.05, 0) is 48.9 Å². The van der Waals surface area contributed by atoms with Crippen LogP contribution in [0.4, 0.5) is 0 Å². The third-order valence-electron chi connectivity index (χ3n) is 7.42. The molecule has 9 heteroatoms. The molecule has 5 rings (SSSR count). The van der Waals surface area contributed by atoms with Crippen LogP contribution in [0.1, 0.15) is 36.4 Å². The number of carbonyl (C=O) groups excluding carboxylic acids is 1. The molecule has 2 aromatic rings. The van der Waals surface area contributed by atoms with E-state index in [-0.39, 0.29) is 29.6 Å². The average Bonchev–Trinajstić information content (AvgIpc) is 3.65. The van der Waals surface area contributed by atoms with Gasteiger partial charge in [-0.1, -0.05) is 24.3 Å². The Morgan fingerprint density at radius 1 is 1.00 bits per heavy atom. The summed E-state index contributed by atoms with van der Waals surface area (Å²) >= 11 is 0. The normalized spacial score (nSPS) is 20.7. The first-order valence-corrected chi connectivity index (χ1v) is 13.7. The summed E-state index contributed by atoms with van der Waals surface area (Å²) in [5, 5.41) is 0. The lowest BCUT2D eigenvalue weighted by molar-refractivity contribution is -0.134. The fraction of sp³-hybridized carbons (Fsp3) is 0.500. The number of hydrogen-bond acceptors (Lipinski definition) is 6. The number of fused-ring (bicyclic) bond motifs is 1. The van der Waals surface area contributed by atoms with Gasteiger partial charge in [0, 0.05) is 44.3 Å². The predicted molar refractivity (Wildman–Crippen MR) is 132 cm³/mol. The lowest BCUT2D eigenvalue weighted by Gasteiger charge is -2.36. The third-order valence-corrected chi connectivity index (χ3v) is 9.34. The van der Waals surface area contributed by atoms with Crippen LogP contribution in [-0.4, -0.2) is 81.4 Å². The number of nitrogens with zero attached hydrogens (tertiary/aromatic N) is 3. The molecule has 1 saturated carbocycles. The highest BCUT2D eigenvalue weighted by Gasteiger charge is 2.40. The summed E-state index contributed by atoms with van der Waals surface area (Å²) in [6.45, 7) is 1.66. The van der Waals surface area contributed by atoms with Crippen molar-refractivity contribution in [3.8, 4) is 11.5 Å². The summed E-state index contributed by atoms with van der Waals surface area (Å²) in [4.78, 5) is 17.6. The third kappa shape index (κ3) is 4.77. The quantitative estimate of drug-likeness (QED) is 0.556. The maximum Gasteiger partial charge on any atom is 0.247 e. The fourth-order valence-corrected chi connectivity index (χ4v) is 6.93. The van der Waals surface area contributed by atoms with Crippen LogP contribution in [0.15, 0.2) is 47.4 Å². The number of piperazine rings is 1. The molecule has 1 amide bonds. The zero-order valence-electron chi connectivity index (χ0n) is 20.4. The fourth-order valence-electron chi connectivity index (χ4n) is 5.34. The summed E-state index contributed by atoms with van der Waals surface area (Å²) < 4.78 is 38.7. The Kier molecular flexibility index (Phi) is 6.74. The van der Waals surface area contributed by atoms with E-state index in [1.165, 1.54) is 35.7 Å². The molecule has 2 fully saturated rings. The first kappa shape index (κ1) is 24.1. The maximum atomic E-state index is 13.4. The second kappa shape index (κ2) is 9.79. The van der Waals surface area contributed by atoms with E-state index in [1.54, 1.807) is 12.1 Å². The van der Waals surface area contributed by atoms with Gasteiger partial charge in [0.05, 0.1) is 20.8 Å². The monoisotopic (exact) mass is 499 g/mol. The minimum Gasteiger partial charge on any atom is -0.497 e. The molecule has 0 aromatic heterocycles. The molecule has 0 N–H and O–H groups in total. The van der Waals surface area contributed by atoms with E-state index in [1.807, 2.05) is 4.90 Å². The Bertz CT molecular complexity index is 1190. The Morgan fingerprint density at radius 2 is 1.74 bits per heavy atom. The second-order valence-corrected chi connectivity index (χ2v) is 11.4. The van der Waals surface area contributed by atoms with E-state index in [4.69, 9.17) is 9.47 Å². The summed E-state index contributed by atoms with van der Waals surface area (Å²) in [5.74, 6) is 0.811. The van der Waals surface area contributed by atoms with Crippen molar-refractivity contribution in [1.82, 2.24) is 14.1 Å². The molecule has 3 aliphatic rings. The molecule has 0 radical (unpaired) electrons. The second-order valence-electron chi connectivity index (χ2n) is 9.46. The van der Waals surface area contributed by atoms with Gasteiger partial charge < -0.3 is 14.4 Å². The standard InChI is InChI=1S/C26H33N3O5S/c1-33-21-10-12-24(34-2)25(17-21)35(31,32)28-15-13-27(14-16-28)26(30)18-29(20-8-9-20)23-11-7-19-5-3-4-6-22(19)23/h3-6,10,12,17,20,23H,7-9,11,13-16,18H2,1-2H3. The molecule has 1 aliphatic heterocycles. The number of carbonyl (C=O) groups is 1. The van der Waals surface area contributed by atoms with Crippen molar-refractivity contribution in [2.75, 3.05) is 46.9 Å². The Balaban J connectivity index is 1.25. The molecule has 8 nitrogen and oxygen atoms in total. The van der Waals surface area contributed by atoms with Crippen LogP contribution in [0, 0.1) is 0 Å². The minimum atomic E-state index is -3.78. The van der Waals surface area contributed by atoms with E-state index in [0.717, 1.165) is 25.7 Å². The van der Waals surface area contributed by atoms with Crippen LogP contribution in [-0.2, 0) is 21.2 Å². The van der Waals surface area contributed by atoms with E-state index in [0.29, 0.717) is 37.5 Å². The molecule has 1 saturated heterocycles. The van der Waals surface area contributed by atoms with Crippen molar-refractivity contribution in [2.45, 2.75) is 42.7 Å². The van der Waals surface area contributed by atoms with Crippen LogP contribution in [0.25, 0.3) is 0 Å². The molecule has 35 heavy (non-hydrogen) atoms. The van der Waals surface area contributed by atoms with Crippen molar-refractivity contribution < 1.29 is 22.7 Å². The molecule has 2 aromatic carbocycles. The topological polar surface area (TPSA) is 79.4 Å². The highest BCUT2D eigenvalue weighted by atomic mass is 32.2. The zero-order chi connectivity index (χ0) is 24.6. The number of methoxy groups -OCH3 is 2. The largest absolute Gasteiger partial charge is 0.497 e. The number of rotatable bonds is 8. The summed E-state index contributed by atoms with van der Waals surface area (Å²) in [7, 11) is -0.832. The number of hydrogen-bond donors (Lipinski definition) is 0. The van der Waals surface area contributed by atoms with Crippen molar-refractivity contribution in [3.05, 3.63) is 53.6 Å². The highest BCUT2D eigenvalue weighted by molar-refractivity contribution is 7.89. The molecule has 1 atom stereocenters. The predicted octanol–water partition coefficient (Wildman–Crippen LogP) is 2.69. The number of amides is 1. The lowest BCUT2D eigenvalue weighted by atomic mass is 10.1.